The molecule has 0 unspecified atom stereocenters. The predicted octanol–water partition coefficient (Wildman–Crippen LogP) is -2.77. The Bertz CT molecular complexity index is 313. The fourth-order valence-electron chi connectivity index (χ4n) is 0.431. The molecule has 0 saturated carbocycles. The van der Waals surface area contributed by atoms with E-state index in [4.69, 9.17) is 5.73 Å². The fourth-order valence-corrected chi connectivity index (χ4v) is 0.431. The van der Waals surface area contributed by atoms with Gasteiger partial charge in [-0.05, 0) is 4.92 Å². The van der Waals surface area contributed by atoms with Crippen molar-refractivity contribution in [3.63, 3.8) is 0 Å². The van der Waals surface area contributed by atoms with E-state index in [1.807, 2.05) is 0 Å². The predicted molar refractivity (Wildman–Crippen MR) is 31.0 cm³/mol. The van der Waals surface area contributed by atoms with Gasteiger partial charge in [-0.15, -0.1) is 0 Å². The van der Waals surface area contributed by atoms with Gasteiger partial charge in [0, 0.05) is 9.69 Å². The highest BCUT2D eigenvalue weighted by atomic mass is 16.6. The maximum Gasteiger partial charge on any atom is 0.607 e. The second-order valence-electron chi connectivity index (χ2n) is 1.66. The van der Waals surface area contributed by atoms with E-state index < -0.39 is 16.8 Å². The van der Waals surface area contributed by atoms with Crippen LogP contribution in [-0.4, -0.2) is 15.1 Å². The van der Waals surface area contributed by atoms with Crippen LogP contribution in [0.5, 0.6) is 0 Å². The van der Waals surface area contributed by atoms with Gasteiger partial charge in [-0.25, -0.2) is 5.73 Å². The van der Waals surface area contributed by atoms with Crippen LogP contribution < -0.4 is 15.4 Å². The Morgan fingerprint density at radius 1 is 1.33 bits per heavy atom. The molecule has 0 aliphatic heterocycles. The van der Waals surface area contributed by atoms with Gasteiger partial charge in [-0.2, -0.15) is 0 Å². The Morgan fingerprint density at radius 2 is 1.75 bits per heavy atom. The molecule has 10 heteroatoms. The molecule has 0 amide bonds. The maximum atomic E-state index is 10.5. The monoisotopic (exact) mass is 174 g/mol. The van der Waals surface area contributed by atoms with E-state index in [1.54, 1.807) is 0 Å². The normalized spacial score (nSPS) is 9.67. The SMILES string of the molecule is Nc1[n+]([O-])nc([N+](=O)[O-])n[n+]1[O-]. The van der Waals surface area contributed by atoms with Crippen LogP contribution >= 0.6 is 0 Å². The fraction of sp³-hybridized carbons (Fsp3) is 0. The van der Waals surface area contributed by atoms with Crippen LogP contribution in [0.25, 0.3) is 0 Å². The third-order valence-electron chi connectivity index (χ3n) is 0.916. The minimum absolute atomic E-state index is 0.377. The maximum absolute atomic E-state index is 10.5. The van der Waals surface area contributed by atoms with Crippen molar-refractivity contribution in [1.82, 2.24) is 10.2 Å². The molecule has 1 aromatic heterocycles. The van der Waals surface area contributed by atoms with Crippen molar-refractivity contribution in [1.29, 1.82) is 0 Å². The van der Waals surface area contributed by atoms with E-state index in [0.29, 0.717) is 0 Å². The first-order chi connectivity index (χ1) is 5.52. The number of anilines is 1. The molecule has 0 aromatic carbocycles. The molecular formula is C2H2N6O4. The quantitative estimate of drug-likeness (QED) is 0.209. The summed E-state index contributed by atoms with van der Waals surface area (Å²) in [6, 6.07) is 0. The number of aromatic nitrogens is 4. The highest BCUT2D eigenvalue weighted by Gasteiger charge is 2.25. The van der Waals surface area contributed by atoms with Gasteiger partial charge >= 0.3 is 11.9 Å². The second-order valence-corrected chi connectivity index (χ2v) is 1.66. The van der Waals surface area contributed by atoms with E-state index in [2.05, 4.69) is 10.2 Å². The number of nitro groups is 1. The summed E-state index contributed by atoms with van der Waals surface area (Å²) in [5.41, 5.74) is 4.80. The lowest BCUT2D eigenvalue weighted by molar-refractivity contribution is -0.788. The third-order valence-corrected chi connectivity index (χ3v) is 0.916. The van der Waals surface area contributed by atoms with E-state index in [9.17, 15) is 20.5 Å². The standard InChI is InChI=1S/C2H2N6O4/c3-1-6(9)4-2(8(11)12)5-7(1)10/h3H2. The van der Waals surface area contributed by atoms with Gasteiger partial charge in [-0.1, -0.05) is 0 Å². The molecule has 1 aromatic rings. The summed E-state index contributed by atoms with van der Waals surface area (Å²) in [6.07, 6.45) is 0. The minimum Gasteiger partial charge on any atom is -0.641 e. The highest BCUT2D eigenvalue weighted by molar-refractivity contribution is 4.96. The van der Waals surface area contributed by atoms with E-state index in [-0.39, 0.29) is 9.69 Å². The Balaban J connectivity index is 3.31. The molecule has 0 atom stereocenters. The number of hydrogen-bond acceptors (Lipinski definition) is 7. The van der Waals surface area contributed by atoms with Gasteiger partial charge in [0.25, 0.3) is 0 Å². The molecule has 0 bridgehead atoms. The lowest BCUT2D eigenvalue weighted by Gasteiger charge is -1.95. The van der Waals surface area contributed by atoms with Gasteiger partial charge < -0.3 is 20.5 Å². The molecule has 0 aliphatic rings. The lowest BCUT2D eigenvalue weighted by atomic mass is 11.0. The van der Waals surface area contributed by atoms with Crippen molar-refractivity contribution in [2.24, 2.45) is 0 Å². The van der Waals surface area contributed by atoms with E-state index in [0.717, 1.165) is 0 Å². The van der Waals surface area contributed by atoms with Crippen molar-refractivity contribution in [3.8, 4) is 0 Å². The number of nitrogens with two attached hydrogens (primary N) is 1. The molecule has 1 heterocycles. The molecule has 0 saturated heterocycles. The number of nitrogens with zero attached hydrogens (tertiary/aromatic N) is 5. The molecular weight excluding hydrogens is 172 g/mol. The van der Waals surface area contributed by atoms with Crippen LogP contribution in [0.4, 0.5) is 11.9 Å². The van der Waals surface area contributed by atoms with Crippen molar-refractivity contribution in [2.75, 3.05) is 5.73 Å². The summed E-state index contributed by atoms with van der Waals surface area (Å²) in [5.74, 6) is -1.98. The Labute approximate surface area is 64.2 Å². The van der Waals surface area contributed by atoms with Gasteiger partial charge in [-0.3, -0.25) is 0 Å². The summed E-state index contributed by atoms with van der Waals surface area (Å²) < 4.78 is 0. The van der Waals surface area contributed by atoms with Crippen LogP contribution in [0.1, 0.15) is 0 Å². The average Bonchev–Trinajstić information content (AvgIpc) is 1.99. The zero-order valence-corrected chi connectivity index (χ0v) is 5.45. The Kier molecular flexibility index (Phi) is 1.58. The van der Waals surface area contributed by atoms with Crippen molar-refractivity contribution in [3.05, 3.63) is 20.5 Å². The molecule has 0 aliphatic carbocycles. The summed E-state index contributed by atoms with van der Waals surface area (Å²) in [4.78, 5) is 8.12. The van der Waals surface area contributed by atoms with Crippen molar-refractivity contribution < 1.29 is 14.6 Å². The summed E-state index contributed by atoms with van der Waals surface area (Å²) >= 11 is 0. The van der Waals surface area contributed by atoms with Gasteiger partial charge in [0.05, 0.1) is 0 Å². The molecule has 1 rings (SSSR count). The smallest absolute Gasteiger partial charge is 0.607 e. The first-order valence-electron chi connectivity index (χ1n) is 2.54. The number of hydrogen-bond donors (Lipinski definition) is 1. The second kappa shape index (κ2) is 2.41. The molecule has 12 heavy (non-hydrogen) atoms. The van der Waals surface area contributed by atoms with Crippen LogP contribution in [0.15, 0.2) is 0 Å². The topological polar surface area (TPSA) is 149 Å². The summed E-state index contributed by atoms with van der Waals surface area (Å²) in [6.45, 7) is 0. The highest BCUT2D eigenvalue weighted by Crippen LogP contribution is 1.92. The minimum atomic E-state index is -1.10. The van der Waals surface area contributed by atoms with Gasteiger partial charge in [0.1, 0.15) is 0 Å². The van der Waals surface area contributed by atoms with Crippen molar-refractivity contribution in [2.45, 2.75) is 0 Å². The average molecular weight is 174 g/mol. The molecule has 0 fully saturated rings. The third kappa shape index (κ3) is 1.12. The zero-order valence-electron chi connectivity index (χ0n) is 5.45. The van der Waals surface area contributed by atoms with Crippen LogP contribution in [0, 0.1) is 20.5 Å². The first kappa shape index (κ1) is 7.84. The molecule has 64 valence electrons. The zero-order chi connectivity index (χ0) is 9.30. The van der Waals surface area contributed by atoms with Crippen LogP contribution in [0.2, 0.25) is 0 Å². The summed E-state index contributed by atoms with van der Waals surface area (Å²) in [7, 11) is 0. The number of nitrogen functional groups attached to an aromatic ring is 1. The van der Waals surface area contributed by atoms with E-state index >= 15 is 0 Å². The van der Waals surface area contributed by atoms with Crippen LogP contribution in [-0.2, 0) is 0 Å². The van der Waals surface area contributed by atoms with Crippen molar-refractivity contribution >= 4 is 11.9 Å². The van der Waals surface area contributed by atoms with E-state index in [1.165, 1.54) is 0 Å². The van der Waals surface area contributed by atoms with Gasteiger partial charge in [0.2, 0.25) is 0 Å². The molecule has 10 nitrogen and oxygen atoms in total. The number of rotatable bonds is 1. The molecule has 0 spiro atoms. The van der Waals surface area contributed by atoms with Gasteiger partial charge in [0.15, 0.2) is 10.2 Å². The Hall–Kier alpha value is -2.26. The largest absolute Gasteiger partial charge is 0.641 e. The lowest BCUT2D eigenvalue weighted by Crippen LogP contribution is -2.51. The Morgan fingerprint density at radius 3 is 2.08 bits per heavy atom. The summed E-state index contributed by atoms with van der Waals surface area (Å²) in [5, 5.41) is 36.4. The van der Waals surface area contributed by atoms with Crippen LogP contribution in [0.3, 0.4) is 0 Å². The molecule has 2 N–H and O–H groups in total. The molecule has 0 radical (unpaired) electrons. The first-order valence-corrected chi connectivity index (χ1v) is 2.54.